The third-order valence-electron chi connectivity index (χ3n) is 3.30. The second kappa shape index (κ2) is 8.17. The number of halogens is 4. The smallest absolute Gasteiger partial charge is 0.449 e. The Bertz CT molecular complexity index is 465. The van der Waals surface area contributed by atoms with Crippen LogP contribution in [0.4, 0.5) is 18.6 Å². The van der Waals surface area contributed by atoms with Crippen molar-refractivity contribution in [2.75, 3.05) is 31.1 Å². The molecule has 1 aliphatic rings. The Kier molecular flexibility index (Phi) is 7.86. The molecule has 0 unspecified atom stereocenters. The molecule has 0 spiro atoms. The van der Waals surface area contributed by atoms with E-state index in [1.807, 2.05) is 6.92 Å². The number of piperazine rings is 1. The van der Waals surface area contributed by atoms with Gasteiger partial charge in [-0.15, -0.1) is 0 Å². The molecule has 1 aromatic rings. The number of nitrogens with one attached hydrogen (secondary N) is 1. The molecule has 1 saturated heterocycles. The average Bonchev–Trinajstić information content (AvgIpc) is 2.33. The summed E-state index contributed by atoms with van der Waals surface area (Å²) < 4.78 is 38.7. The van der Waals surface area contributed by atoms with Crippen molar-refractivity contribution < 1.29 is 64.3 Å². The Morgan fingerprint density at radius 1 is 1.25 bits per heavy atom. The van der Waals surface area contributed by atoms with Crippen LogP contribution < -0.4 is 61.6 Å². The fourth-order valence-electron chi connectivity index (χ4n) is 2.34. The minimum Gasteiger partial charge on any atom is -0.449 e. The van der Waals surface area contributed by atoms with E-state index in [0.717, 1.165) is 41.0 Å². The van der Waals surface area contributed by atoms with Gasteiger partial charge in [-0.1, -0.05) is 11.9 Å². The quantitative estimate of drug-likeness (QED) is 0.543. The van der Waals surface area contributed by atoms with Gasteiger partial charge in [0.05, 0.1) is 0 Å². The summed E-state index contributed by atoms with van der Waals surface area (Å²) in [5.41, 5.74) is 2.39. The van der Waals surface area contributed by atoms with Crippen molar-refractivity contribution in [1.29, 1.82) is 0 Å². The zero-order valence-electron chi connectivity index (χ0n) is 11.7. The van der Waals surface area contributed by atoms with Gasteiger partial charge in [0.15, 0.2) is 0 Å². The Labute approximate surface area is 173 Å². The van der Waals surface area contributed by atoms with Crippen molar-refractivity contribution in [1.82, 2.24) is 5.32 Å². The summed E-state index contributed by atoms with van der Waals surface area (Å²) in [6.07, 6.45) is -0.796. The van der Waals surface area contributed by atoms with E-state index in [4.69, 9.17) is 0 Å². The second-order valence-corrected chi connectivity index (χ2v) is 6.04. The molecule has 0 amide bonds. The van der Waals surface area contributed by atoms with Gasteiger partial charge in [-0.25, -0.2) is 0 Å². The number of hydrogen-bond donors (Lipinski definition) is 1. The van der Waals surface area contributed by atoms with Gasteiger partial charge in [-0.3, -0.25) is 0 Å². The molecule has 1 heterocycles. The zero-order valence-corrected chi connectivity index (χ0v) is 17.0. The van der Waals surface area contributed by atoms with Gasteiger partial charge < -0.3 is 23.2 Å². The van der Waals surface area contributed by atoms with Gasteiger partial charge in [-0.05, 0) is 47.2 Å². The minimum absolute atomic E-state index is 0. The molecule has 0 saturated carbocycles. The van der Waals surface area contributed by atoms with Crippen LogP contribution in [-0.4, -0.2) is 33.2 Å². The molecule has 1 aromatic carbocycles. The van der Waals surface area contributed by atoms with Crippen LogP contribution in [0, 0.1) is 10.5 Å². The van der Waals surface area contributed by atoms with E-state index in [1.54, 1.807) is 12.1 Å². The number of anilines is 1. The maximum Gasteiger partial charge on any atom is 1.00 e. The predicted octanol–water partition coefficient (Wildman–Crippen LogP) is -0.0577. The topological polar surface area (TPSA) is 15.3 Å². The molecule has 106 valence electrons. The molecule has 0 radical (unpaired) electrons. The zero-order chi connectivity index (χ0) is 14.0. The first kappa shape index (κ1) is 19.2. The van der Waals surface area contributed by atoms with Crippen LogP contribution in [0.3, 0.4) is 0 Å². The maximum absolute atomic E-state index is 12.6. The summed E-state index contributed by atoms with van der Waals surface area (Å²) in [5.74, 6) is 0. The number of benzene rings is 1. The summed E-state index contributed by atoms with van der Waals surface area (Å²) in [4.78, 5) is 2.17. The molecule has 8 heteroatoms. The Hall–Kier alpha value is 1.20. The SMILES string of the molecule is Cc1c(I)cc(C[B-](F)(F)F)cc1N1CCNCC1.[K+]. The molecule has 0 aliphatic carbocycles. The molecule has 0 atom stereocenters. The van der Waals surface area contributed by atoms with Crippen LogP contribution in [0.25, 0.3) is 0 Å². The van der Waals surface area contributed by atoms with Crippen LogP contribution in [0.2, 0.25) is 0 Å². The summed E-state index contributed by atoms with van der Waals surface area (Å²) in [5, 5.41) is 3.25. The van der Waals surface area contributed by atoms with Crippen molar-refractivity contribution in [2.24, 2.45) is 0 Å². The van der Waals surface area contributed by atoms with Gasteiger partial charge in [0, 0.05) is 35.4 Å². The molecule has 1 fully saturated rings. The molecule has 20 heavy (non-hydrogen) atoms. The second-order valence-electron chi connectivity index (χ2n) is 4.87. The fraction of sp³-hybridized carbons (Fsp3) is 0.500. The van der Waals surface area contributed by atoms with Gasteiger partial charge in [0.25, 0.3) is 0 Å². The van der Waals surface area contributed by atoms with Crippen molar-refractivity contribution in [3.8, 4) is 0 Å². The maximum atomic E-state index is 12.6. The Morgan fingerprint density at radius 3 is 2.40 bits per heavy atom. The largest absolute Gasteiger partial charge is 1.00 e. The average molecular weight is 422 g/mol. The number of hydrogen-bond acceptors (Lipinski definition) is 2. The van der Waals surface area contributed by atoms with Crippen molar-refractivity contribution in [3.63, 3.8) is 0 Å². The van der Waals surface area contributed by atoms with Crippen LogP contribution in [0.15, 0.2) is 12.1 Å². The predicted molar refractivity (Wildman–Crippen MR) is 81.8 cm³/mol. The molecule has 1 N–H and O–H groups in total. The van der Waals surface area contributed by atoms with Gasteiger partial charge in [0.1, 0.15) is 0 Å². The standard InChI is InChI=1S/C12H16BF3IN2.K/c1-9-11(17)6-10(8-13(14,15)16)7-12(9)19-4-2-18-3-5-19;/h6-7,18H,2-5,8H2,1H3;/q-1;+1. The van der Waals surface area contributed by atoms with Gasteiger partial charge >= 0.3 is 58.4 Å². The molecule has 0 bridgehead atoms. The molecular formula is C12H16BF3IKN2. The summed E-state index contributed by atoms with van der Waals surface area (Å²) in [7, 11) is 0. The van der Waals surface area contributed by atoms with Crippen LogP contribution >= 0.6 is 22.6 Å². The van der Waals surface area contributed by atoms with E-state index in [9.17, 15) is 12.9 Å². The molecule has 1 aliphatic heterocycles. The molecule has 2 nitrogen and oxygen atoms in total. The van der Waals surface area contributed by atoms with E-state index in [0.29, 0.717) is 5.56 Å². The summed E-state index contributed by atoms with van der Waals surface area (Å²) in [6, 6.07) is 3.36. The third-order valence-corrected chi connectivity index (χ3v) is 4.42. The summed E-state index contributed by atoms with van der Waals surface area (Å²) >= 11 is 2.12. The van der Waals surface area contributed by atoms with E-state index in [2.05, 4.69) is 32.8 Å². The van der Waals surface area contributed by atoms with Crippen LogP contribution in [-0.2, 0) is 6.32 Å². The summed E-state index contributed by atoms with van der Waals surface area (Å²) in [6.45, 7) is 0.640. The van der Waals surface area contributed by atoms with Crippen molar-refractivity contribution in [2.45, 2.75) is 13.2 Å². The first-order valence-corrected chi connectivity index (χ1v) is 7.40. The van der Waals surface area contributed by atoms with Crippen molar-refractivity contribution >= 4 is 35.3 Å². The van der Waals surface area contributed by atoms with E-state index in [1.165, 1.54) is 0 Å². The third kappa shape index (κ3) is 5.44. The number of nitrogens with zero attached hydrogens (tertiary/aromatic N) is 1. The van der Waals surface area contributed by atoms with E-state index < -0.39 is 13.3 Å². The van der Waals surface area contributed by atoms with Gasteiger partial charge in [0.2, 0.25) is 0 Å². The minimum atomic E-state index is -4.78. The van der Waals surface area contributed by atoms with E-state index >= 15 is 0 Å². The molecular weight excluding hydrogens is 406 g/mol. The van der Waals surface area contributed by atoms with E-state index in [-0.39, 0.29) is 51.4 Å². The Balaban J connectivity index is 0.00000200. The Morgan fingerprint density at radius 2 is 1.85 bits per heavy atom. The van der Waals surface area contributed by atoms with Crippen LogP contribution in [0.1, 0.15) is 11.1 Å². The van der Waals surface area contributed by atoms with Gasteiger partial charge in [-0.2, -0.15) is 0 Å². The first-order valence-electron chi connectivity index (χ1n) is 6.32. The number of rotatable bonds is 3. The normalized spacial score (nSPS) is 15.9. The molecule has 0 aromatic heterocycles. The van der Waals surface area contributed by atoms with Crippen molar-refractivity contribution in [3.05, 3.63) is 26.8 Å². The first-order chi connectivity index (χ1) is 8.87. The fourth-order valence-corrected chi connectivity index (χ4v) is 3.01. The molecule has 2 rings (SSSR count). The van der Waals surface area contributed by atoms with Crippen LogP contribution in [0.5, 0.6) is 0 Å². The monoisotopic (exact) mass is 422 g/mol.